The normalized spacial score (nSPS) is 11.9. The highest BCUT2D eigenvalue weighted by atomic mass is 35.5. The maximum absolute atomic E-state index is 12.2. The first-order valence-electron chi connectivity index (χ1n) is 6.89. The first kappa shape index (κ1) is 15.1. The van der Waals surface area contributed by atoms with E-state index < -0.39 is 0 Å². The Morgan fingerprint density at radius 2 is 2.13 bits per heavy atom. The maximum Gasteiger partial charge on any atom is 0.254 e. The molecule has 0 aliphatic rings. The number of H-pyrrole nitrogens is 1. The Kier molecular flexibility index (Phi) is 4.29. The molecular formula is C15H13ClN6O. The molecule has 116 valence electrons. The van der Waals surface area contributed by atoms with Crippen molar-refractivity contribution < 1.29 is 4.79 Å². The lowest BCUT2D eigenvalue weighted by atomic mass is 10.2. The standard InChI is InChI=1S/C15H13ClN6O/c1-9(19-15(23)11-5-3-7-18-12(11)16)13-20-14(22-21-13)10-4-2-6-17-8-10/h2-9H,1H3,(H,19,23)(H,20,21,22)/t9-/m0/s1. The predicted octanol–water partition coefficient (Wildman–Crippen LogP) is 2.41. The van der Waals surface area contributed by atoms with Crippen molar-refractivity contribution in [3.05, 3.63) is 59.4 Å². The van der Waals surface area contributed by atoms with E-state index in [2.05, 4.69) is 30.5 Å². The van der Waals surface area contributed by atoms with E-state index in [-0.39, 0.29) is 17.1 Å². The zero-order chi connectivity index (χ0) is 16.2. The largest absolute Gasteiger partial charge is 0.342 e. The van der Waals surface area contributed by atoms with Gasteiger partial charge in [0.1, 0.15) is 11.0 Å². The number of amides is 1. The summed E-state index contributed by atoms with van der Waals surface area (Å²) in [5, 5.41) is 9.93. The zero-order valence-corrected chi connectivity index (χ0v) is 12.9. The lowest BCUT2D eigenvalue weighted by Gasteiger charge is -2.11. The molecule has 23 heavy (non-hydrogen) atoms. The summed E-state index contributed by atoms with van der Waals surface area (Å²) in [4.78, 5) is 24.5. The molecule has 0 aliphatic carbocycles. The quantitative estimate of drug-likeness (QED) is 0.717. The van der Waals surface area contributed by atoms with E-state index >= 15 is 0 Å². The van der Waals surface area contributed by atoms with E-state index in [4.69, 9.17) is 11.6 Å². The average molecular weight is 329 g/mol. The number of halogens is 1. The van der Waals surface area contributed by atoms with E-state index in [0.717, 1.165) is 5.56 Å². The van der Waals surface area contributed by atoms with Crippen molar-refractivity contribution >= 4 is 17.5 Å². The van der Waals surface area contributed by atoms with Crippen LogP contribution in [0.2, 0.25) is 5.15 Å². The molecule has 0 saturated heterocycles. The number of nitrogens with zero attached hydrogens (tertiary/aromatic N) is 4. The Morgan fingerprint density at radius 1 is 1.30 bits per heavy atom. The Hall–Kier alpha value is -2.80. The van der Waals surface area contributed by atoms with Gasteiger partial charge in [0.25, 0.3) is 5.91 Å². The molecule has 3 aromatic heterocycles. The SMILES string of the molecule is C[C@H](NC(=O)c1cccnc1Cl)c1nc(-c2cccnc2)n[nH]1. The van der Waals surface area contributed by atoms with Crippen LogP contribution in [0.1, 0.15) is 29.1 Å². The molecule has 7 nitrogen and oxygen atoms in total. The van der Waals surface area contributed by atoms with Crippen LogP contribution in [0.5, 0.6) is 0 Å². The lowest BCUT2D eigenvalue weighted by Crippen LogP contribution is -2.27. The number of aromatic amines is 1. The first-order chi connectivity index (χ1) is 11.1. The second-order valence-electron chi connectivity index (χ2n) is 4.82. The van der Waals surface area contributed by atoms with Crippen LogP contribution < -0.4 is 5.32 Å². The summed E-state index contributed by atoms with van der Waals surface area (Å²) >= 11 is 5.92. The van der Waals surface area contributed by atoms with Crippen LogP contribution in [0.3, 0.4) is 0 Å². The third-order valence-corrected chi connectivity index (χ3v) is 3.49. The van der Waals surface area contributed by atoms with Crippen molar-refractivity contribution in [2.75, 3.05) is 0 Å². The fraction of sp³-hybridized carbons (Fsp3) is 0.133. The predicted molar refractivity (Wildman–Crippen MR) is 84.7 cm³/mol. The van der Waals surface area contributed by atoms with Gasteiger partial charge in [-0.2, -0.15) is 5.10 Å². The molecule has 0 aliphatic heterocycles. The highest BCUT2D eigenvalue weighted by molar-refractivity contribution is 6.32. The van der Waals surface area contributed by atoms with Crippen molar-refractivity contribution in [2.24, 2.45) is 0 Å². The van der Waals surface area contributed by atoms with Gasteiger partial charge < -0.3 is 5.32 Å². The number of carbonyl (C=O) groups excluding carboxylic acids is 1. The van der Waals surface area contributed by atoms with Gasteiger partial charge in [0.15, 0.2) is 5.82 Å². The lowest BCUT2D eigenvalue weighted by molar-refractivity contribution is 0.0938. The Bertz CT molecular complexity index is 820. The molecule has 2 N–H and O–H groups in total. The molecule has 0 bridgehead atoms. The zero-order valence-electron chi connectivity index (χ0n) is 12.2. The topological polar surface area (TPSA) is 96.5 Å². The summed E-state index contributed by atoms with van der Waals surface area (Å²) in [5.74, 6) is 0.737. The highest BCUT2D eigenvalue weighted by Gasteiger charge is 2.17. The van der Waals surface area contributed by atoms with Crippen molar-refractivity contribution in [1.82, 2.24) is 30.5 Å². The van der Waals surface area contributed by atoms with Gasteiger partial charge in [-0.1, -0.05) is 11.6 Å². The minimum atomic E-state index is -0.364. The second-order valence-corrected chi connectivity index (χ2v) is 5.18. The summed E-state index contributed by atoms with van der Waals surface area (Å²) in [6.07, 6.45) is 4.88. The van der Waals surface area contributed by atoms with E-state index in [0.29, 0.717) is 17.2 Å². The fourth-order valence-electron chi connectivity index (χ4n) is 1.99. The van der Waals surface area contributed by atoms with Gasteiger partial charge in [-0.3, -0.25) is 14.9 Å². The number of aromatic nitrogens is 5. The van der Waals surface area contributed by atoms with Crippen LogP contribution in [0.15, 0.2) is 42.9 Å². The van der Waals surface area contributed by atoms with Gasteiger partial charge in [0.05, 0.1) is 11.6 Å². The van der Waals surface area contributed by atoms with Crippen molar-refractivity contribution in [3.63, 3.8) is 0 Å². The summed E-state index contributed by atoms with van der Waals surface area (Å²) in [5.41, 5.74) is 1.11. The van der Waals surface area contributed by atoms with E-state index in [1.165, 1.54) is 6.20 Å². The monoisotopic (exact) mass is 328 g/mol. The molecule has 3 aromatic rings. The number of nitrogens with one attached hydrogen (secondary N) is 2. The van der Waals surface area contributed by atoms with Crippen LogP contribution in [-0.2, 0) is 0 Å². The van der Waals surface area contributed by atoms with Gasteiger partial charge in [0.2, 0.25) is 0 Å². The molecule has 3 heterocycles. The van der Waals surface area contributed by atoms with Gasteiger partial charge in [-0.05, 0) is 31.2 Å². The van der Waals surface area contributed by atoms with Crippen molar-refractivity contribution in [3.8, 4) is 11.4 Å². The summed E-state index contributed by atoms with van der Waals surface area (Å²) in [6, 6.07) is 6.57. The summed E-state index contributed by atoms with van der Waals surface area (Å²) in [7, 11) is 0. The minimum Gasteiger partial charge on any atom is -0.342 e. The number of hydrogen-bond donors (Lipinski definition) is 2. The third kappa shape index (κ3) is 3.35. The molecule has 1 amide bonds. The van der Waals surface area contributed by atoms with Gasteiger partial charge >= 0.3 is 0 Å². The van der Waals surface area contributed by atoms with Crippen molar-refractivity contribution in [2.45, 2.75) is 13.0 Å². The molecule has 0 radical (unpaired) electrons. The van der Waals surface area contributed by atoms with Gasteiger partial charge in [-0.25, -0.2) is 9.97 Å². The molecule has 0 aromatic carbocycles. The maximum atomic E-state index is 12.2. The van der Waals surface area contributed by atoms with E-state index in [1.54, 1.807) is 37.5 Å². The Morgan fingerprint density at radius 3 is 2.87 bits per heavy atom. The van der Waals surface area contributed by atoms with Crippen LogP contribution >= 0.6 is 11.6 Å². The number of rotatable bonds is 4. The van der Waals surface area contributed by atoms with Crippen molar-refractivity contribution in [1.29, 1.82) is 0 Å². The van der Waals surface area contributed by atoms with Crippen LogP contribution in [0.25, 0.3) is 11.4 Å². The summed E-state index contributed by atoms with van der Waals surface area (Å²) < 4.78 is 0. The van der Waals surface area contributed by atoms with Crippen LogP contribution in [-0.4, -0.2) is 31.1 Å². The summed E-state index contributed by atoms with van der Waals surface area (Å²) in [6.45, 7) is 1.80. The Labute approximate surface area is 137 Å². The van der Waals surface area contributed by atoms with Gasteiger partial charge in [0, 0.05) is 24.2 Å². The number of hydrogen-bond acceptors (Lipinski definition) is 5. The fourth-order valence-corrected chi connectivity index (χ4v) is 2.20. The number of pyridine rings is 2. The van der Waals surface area contributed by atoms with Gasteiger partial charge in [-0.15, -0.1) is 0 Å². The number of carbonyl (C=O) groups is 1. The molecule has 3 rings (SSSR count). The molecule has 0 fully saturated rings. The second kappa shape index (κ2) is 6.53. The smallest absolute Gasteiger partial charge is 0.254 e. The van der Waals surface area contributed by atoms with Crippen LogP contribution in [0, 0.1) is 0 Å². The van der Waals surface area contributed by atoms with E-state index in [1.807, 2.05) is 6.07 Å². The molecule has 0 unspecified atom stereocenters. The molecule has 0 saturated carbocycles. The molecular weight excluding hydrogens is 316 g/mol. The minimum absolute atomic E-state index is 0.158. The average Bonchev–Trinajstić information content (AvgIpc) is 3.06. The van der Waals surface area contributed by atoms with E-state index in [9.17, 15) is 4.79 Å². The highest BCUT2D eigenvalue weighted by Crippen LogP contribution is 2.17. The molecule has 1 atom stereocenters. The Balaban J connectivity index is 1.74. The first-order valence-corrected chi connectivity index (χ1v) is 7.27. The molecule has 8 heteroatoms. The van der Waals surface area contributed by atoms with Crippen LogP contribution in [0.4, 0.5) is 0 Å². The third-order valence-electron chi connectivity index (χ3n) is 3.18. The molecule has 0 spiro atoms.